The van der Waals surface area contributed by atoms with Crippen molar-refractivity contribution in [2.24, 2.45) is 0 Å². The van der Waals surface area contributed by atoms with Crippen LogP contribution in [0.1, 0.15) is 125 Å². The fraction of sp³-hybridized carbons (Fsp3) is 0.229. The van der Waals surface area contributed by atoms with Gasteiger partial charge in [-0.05, 0) is 171 Å². The maximum Gasteiger partial charge on any atom is 0.333 e. The molecule has 354 valence electrons. The summed E-state index contributed by atoms with van der Waals surface area (Å²) in [6.07, 6.45) is 2.37. The lowest BCUT2D eigenvalue weighted by Gasteiger charge is -2.51. The van der Waals surface area contributed by atoms with Gasteiger partial charge in [0, 0.05) is 33.7 Å². The highest BCUT2D eigenvalue weighted by Crippen LogP contribution is 2.65. The molecule has 6 aliphatic rings. The maximum absolute atomic E-state index is 2.75. The van der Waals surface area contributed by atoms with Gasteiger partial charge in [0.1, 0.15) is 0 Å². The van der Waals surface area contributed by atoms with E-state index in [1.807, 2.05) is 0 Å². The minimum atomic E-state index is -0.521. The number of rotatable bonds is 2. The van der Waals surface area contributed by atoms with Crippen molar-refractivity contribution in [2.75, 3.05) is 9.71 Å². The van der Waals surface area contributed by atoms with Crippen LogP contribution in [0.5, 0.6) is 0 Å². The lowest BCUT2D eigenvalue weighted by Crippen LogP contribution is -2.62. The molecular weight excluding hydrogens is 880 g/mol. The van der Waals surface area contributed by atoms with Gasteiger partial charge < -0.3 is 9.71 Å². The van der Waals surface area contributed by atoms with Crippen LogP contribution in [0.2, 0.25) is 0 Å². The van der Waals surface area contributed by atoms with E-state index in [-0.39, 0.29) is 28.5 Å². The van der Waals surface area contributed by atoms with Crippen LogP contribution in [0, 0.1) is 0 Å². The van der Waals surface area contributed by atoms with E-state index in [0.29, 0.717) is 0 Å². The zero-order valence-corrected chi connectivity index (χ0v) is 43.7. The number of fused-ring (bicyclic) bond motifs is 18. The largest absolute Gasteiger partial charge is 0.376 e. The normalized spacial score (nSPS) is 17.6. The Bertz CT molecular complexity index is 3840. The van der Waals surface area contributed by atoms with Crippen LogP contribution in [0.3, 0.4) is 0 Å². The smallest absolute Gasteiger partial charge is 0.333 e. The van der Waals surface area contributed by atoms with Crippen LogP contribution in [0.25, 0.3) is 44.5 Å². The molecule has 3 aliphatic carbocycles. The average Bonchev–Trinajstić information content (AvgIpc) is 3.81. The molecule has 0 unspecified atom stereocenters. The van der Waals surface area contributed by atoms with Gasteiger partial charge in [-0.1, -0.05) is 202 Å². The molecule has 0 aromatic heterocycles. The monoisotopic (exact) mass is 940 g/mol. The first-order chi connectivity index (χ1) is 35.1. The zero-order chi connectivity index (χ0) is 49.7. The summed E-state index contributed by atoms with van der Waals surface area (Å²) in [6.45, 7) is 21.7. The molecule has 1 spiro atoms. The number of hydrogen-bond acceptors (Lipinski definition) is 2. The predicted octanol–water partition coefficient (Wildman–Crippen LogP) is 16.7. The van der Waals surface area contributed by atoms with Crippen molar-refractivity contribution < 1.29 is 0 Å². The maximum atomic E-state index is 2.75. The summed E-state index contributed by atoms with van der Waals surface area (Å²) in [7, 11) is 0. The van der Waals surface area contributed by atoms with Crippen LogP contribution in [0.4, 0.5) is 28.4 Å². The minimum Gasteiger partial charge on any atom is -0.376 e. The van der Waals surface area contributed by atoms with E-state index < -0.39 is 5.41 Å². The number of benzene rings is 9. The predicted molar refractivity (Wildman–Crippen MR) is 308 cm³/mol. The first kappa shape index (κ1) is 43.2. The van der Waals surface area contributed by atoms with Crippen LogP contribution in [0.15, 0.2) is 182 Å². The molecule has 9 aromatic rings. The molecule has 3 aliphatic heterocycles. The highest BCUT2D eigenvalue weighted by Gasteiger charge is 2.56. The second-order valence-corrected chi connectivity index (χ2v) is 25.0. The summed E-state index contributed by atoms with van der Waals surface area (Å²) >= 11 is 0. The van der Waals surface area contributed by atoms with Crippen molar-refractivity contribution in [3.05, 3.63) is 232 Å². The molecule has 0 N–H and O–H groups in total. The Balaban J connectivity index is 1.10. The second-order valence-electron chi connectivity index (χ2n) is 25.0. The quantitative estimate of drug-likeness (QED) is 0.159. The molecule has 3 heteroatoms. The number of nitrogens with zero attached hydrogens (tertiary/aromatic N) is 2. The Morgan fingerprint density at radius 1 is 0.425 bits per heavy atom. The van der Waals surface area contributed by atoms with Gasteiger partial charge in [-0.3, -0.25) is 0 Å². The topological polar surface area (TPSA) is 6.48 Å². The van der Waals surface area contributed by atoms with E-state index in [0.717, 1.165) is 0 Å². The molecule has 3 heterocycles. The molecule has 0 bridgehead atoms. The zero-order valence-electron chi connectivity index (χ0n) is 43.7. The fourth-order valence-corrected chi connectivity index (χ4v) is 15.1. The molecule has 0 amide bonds. The fourth-order valence-electron chi connectivity index (χ4n) is 15.1. The summed E-state index contributed by atoms with van der Waals surface area (Å²) in [5, 5.41) is 0. The van der Waals surface area contributed by atoms with Crippen molar-refractivity contribution in [3.8, 4) is 44.5 Å². The Labute approximate surface area is 432 Å². The van der Waals surface area contributed by atoms with Crippen molar-refractivity contribution in [1.82, 2.24) is 0 Å². The third-order valence-corrected chi connectivity index (χ3v) is 18.9. The molecule has 15 rings (SSSR count). The molecule has 0 saturated heterocycles. The van der Waals surface area contributed by atoms with Gasteiger partial charge in [0.2, 0.25) is 0 Å². The molecule has 73 heavy (non-hydrogen) atoms. The van der Waals surface area contributed by atoms with Gasteiger partial charge >= 0.3 is 6.85 Å². The van der Waals surface area contributed by atoms with E-state index in [1.165, 1.54) is 147 Å². The van der Waals surface area contributed by atoms with Crippen molar-refractivity contribution in [3.63, 3.8) is 0 Å². The van der Waals surface area contributed by atoms with Crippen molar-refractivity contribution in [2.45, 2.75) is 102 Å². The number of para-hydroxylation sites is 2. The first-order valence-corrected chi connectivity index (χ1v) is 26.8. The Hall–Kier alpha value is -7.36. The van der Waals surface area contributed by atoms with Gasteiger partial charge in [0.25, 0.3) is 0 Å². The Morgan fingerprint density at radius 2 is 1.04 bits per heavy atom. The third-order valence-electron chi connectivity index (χ3n) is 18.9. The van der Waals surface area contributed by atoms with Gasteiger partial charge in [-0.15, -0.1) is 0 Å². The van der Waals surface area contributed by atoms with E-state index >= 15 is 0 Å². The molecular formula is C70H61BN2. The Morgan fingerprint density at radius 3 is 1.73 bits per heavy atom. The third kappa shape index (κ3) is 5.46. The highest BCUT2D eigenvalue weighted by atomic mass is 15.2. The van der Waals surface area contributed by atoms with Crippen molar-refractivity contribution >= 4 is 46.2 Å². The molecule has 0 saturated carbocycles. The molecule has 0 radical (unpaired) electrons. The summed E-state index contributed by atoms with van der Waals surface area (Å²) in [5.41, 5.74) is 31.7. The molecule has 0 fully saturated rings. The van der Waals surface area contributed by atoms with Gasteiger partial charge in [-0.2, -0.15) is 0 Å². The SMILES string of the molecule is CC(C)(C)c1ccc(N2B3c4cccc5c4N(c4ccccc4C54c5ccccc5-c5ccccc54)c4cc(-c5ccccc5)cc(c43)-c3c2ccc2c3-c3cc4c(cc3C2(C)C)C(C)(C)CCC4(C)C)cc1. The number of hydrogen-bond donors (Lipinski definition) is 0. The van der Waals surface area contributed by atoms with Crippen LogP contribution in [-0.4, -0.2) is 6.85 Å². The van der Waals surface area contributed by atoms with Crippen LogP contribution >= 0.6 is 0 Å². The summed E-state index contributed by atoms with van der Waals surface area (Å²) in [6, 6.07) is 71.3. The van der Waals surface area contributed by atoms with Crippen LogP contribution < -0.4 is 20.6 Å². The van der Waals surface area contributed by atoms with Gasteiger partial charge in [0.15, 0.2) is 0 Å². The van der Waals surface area contributed by atoms with Gasteiger partial charge in [0.05, 0.1) is 11.1 Å². The lowest BCUT2D eigenvalue weighted by molar-refractivity contribution is 0.331. The summed E-state index contributed by atoms with van der Waals surface area (Å²) in [4.78, 5) is 5.45. The van der Waals surface area contributed by atoms with Gasteiger partial charge in [-0.25, -0.2) is 0 Å². The summed E-state index contributed by atoms with van der Waals surface area (Å²) < 4.78 is 0. The minimum absolute atomic E-state index is 0.0168. The average molecular weight is 941 g/mol. The first-order valence-electron chi connectivity index (χ1n) is 26.8. The summed E-state index contributed by atoms with van der Waals surface area (Å²) in [5.74, 6) is 0. The Kier molecular flexibility index (Phi) is 8.43. The highest BCUT2D eigenvalue weighted by molar-refractivity contribution is 6.93. The standard InChI is InChI=1S/C70H61BN2/c1-66(2,3)44-30-32-45(33-31-44)73-60-35-34-53-62(48-40-56-57(41-55(48)69(53,8)9)68(6,7)37-36-67(56,4)5)63(60)49-38-43(42-20-11-10-12-21-42)39-61-64(49)71(73)58-28-19-27-54-65(58)72(61)59-29-18-17-26-52(59)70(54)50-24-15-13-22-46(50)47-23-14-16-25-51(47)70/h10-35,38-41H,36-37H2,1-9H3. The lowest BCUT2D eigenvalue weighted by atomic mass is 9.42. The molecule has 2 nitrogen and oxygen atoms in total. The molecule has 0 atom stereocenters. The molecule has 9 aromatic carbocycles. The van der Waals surface area contributed by atoms with Crippen LogP contribution in [-0.2, 0) is 27.1 Å². The van der Waals surface area contributed by atoms with E-state index in [2.05, 4.69) is 254 Å². The van der Waals surface area contributed by atoms with E-state index in [1.54, 1.807) is 0 Å². The van der Waals surface area contributed by atoms with E-state index in [9.17, 15) is 0 Å². The number of anilines is 5. The van der Waals surface area contributed by atoms with Crippen molar-refractivity contribution in [1.29, 1.82) is 0 Å². The second kappa shape index (κ2) is 14.2. The van der Waals surface area contributed by atoms with E-state index in [4.69, 9.17) is 0 Å².